The second-order valence-electron chi connectivity index (χ2n) is 6.89. The highest BCUT2D eigenvalue weighted by Gasteiger charge is 2.29. The lowest BCUT2D eigenvalue weighted by Crippen LogP contribution is -2.53. The van der Waals surface area contributed by atoms with E-state index >= 15 is 0 Å². The Kier molecular flexibility index (Phi) is 4.49. The molecular formula is C20H22FN3O. The van der Waals surface area contributed by atoms with Gasteiger partial charge in [0.05, 0.1) is 11.8 Å². The molecule has 0 radical (unpaired) electrons. The molecule has 2 aliphatic rings. The summed E-state index contributed by atoms with van der Waals surface area (Å²) in [4.78, 5) is 20.6. The molecule has 0 N–H and O–H groups in total. The van der Waals surface area contributed by atoms with Crippen molar-refractivity contribution in [3.05, 3.63) is 65.2 Å². The molecule has 1 atom stereocenters. The van der Waals surface area contributed by atoms with E-state index in [9.17, 15) is 9.18 Å². The number of aromatic nitrogens is 1. The van der Waals surface area contributed by atoms with Crippen molar-refractivity contribution in [3.63, 3.8) is 0 Å². The molecule has 5 heteroatoms. The standard InChI is InChI=1S/C20H22FN3O/c21-18-11-17(13-22-14-18)20(25)24-9-7-23(8-10-24)19-6-5-15-3-1-2-4-16(15)12-19/h1-4,11,13-14,19H,5-10,12H2/t19-/m1/s1. The van der Waals surface area contributed by atoms with Crippen molar-refractivity contribution in [2.24, 2.45) is 0 Å². The third-order valence-corrected chi connectivity index (χ3v) is 5.39. The Hall–Kier alpha value is -2.27. The van der Waals surface area contributed by atoms with Crippen LogP contribution in [0, 0.1) is 5.82 Å². The van der Waals surface area contributed by atoms with E-state index < -0.39 is 5.82 Å². The van der Waals surface area contributed by atoms with Gasteiger partial charge in [-0.25, -0.2) is 4.39 Å². The average molecular weight is 339 g/mol. The number of nitrogens with zero attached hydrogens (tertiary/aromatic N) is 3. The number of benzene rings is 1. The minimum absolute atomic E-state index is 0.124. The normalized spacial score (nSPS) is 21.0. The van der Waals surface area contributed by atoms with E-state index in [0.717, 1.165) is 32.1 Å². The summed E-state index contributed by atoms with van der Waals surface area (Å²) < 4.78 is 13.3. The van der Waals surface area contributed by atoms with E-state index in [0.29, 0.717) is 24.7 Å². The maximum atomic E-state index is 13.3. The predicted molar refractivity (Wildman–Crippen MR) is 93.9 cm³/mol. The first kappa shape index (κ1) is 16.2. The molecule has 0 spiro atoms. The zero-order valence-corrected chi connectivity index (χ0v) is 14.2. The molecule has 1 fully saturated rings. The van der Waals surface area contributed by atoms with Gasteiger partial charge in [-0.05, 0) is 36.5 Å². The van der Waals surface area contributed by atoms with Gasteiger partial charge in [-0.15, -0.1) is 0 Å². The Morgan fingerprint density at radius 1 is 1.08 bits per heavy atom. The molecule has 2 aromatic rings. The number of aryl methyl sites for hydroxylation is 1. The van der Waals surface area contributed by atoms with Crippen LogP contribution in [0.4, 0.5) is 4.39 Å². The van der Waals surface area contributed by atoms with Gasteiger partial charge in [0, 0.05) is 38.4 Å². The number of halogens is 1. The second kappa shape index (κ2) is 6.92. The van der Waals surface area contributed by atoms with Crippen molar-refractivity contribution in [2.75, 3.05) is 26.2 Å². The van der Waals surface area contributed by atoms with Gasteiger partial charge >= 0.3 is 0 Å². The van der Waals surface area contributed by atoms with E-state index in [1.807, 2.05) is 4.90 Å². The quantitative estimate of drug-likeness (QED) is 0.844. The van der Waals surface area contributed by atoms with E-state index in [1.165, 1.54) is 29.8 Å². The van der Waals surface area contributed by atoms with Gasteiger partial charge in [-0.1, -0.05) is 24.3 Å². The van der Waals surface area contributed by atoms with Crippen LogP contribution in [-0.4, -0.2) is 52.9 Å². The molecule has 25 heavy (non-hydrogen) atoms. The number of fused-ring (bicyclic) bond motifs is 1. The van der Waals surface area contributed by atoms with Crippen LogP contribution in [0.15, 0.2) is 42.7 Å². The van der Waals surface area contributed by atoms with Crippen LogP contribution >= 0.6 is 0 Å². The fourth-order valence-electron chi connectivity index (χ4n) is 3.99. The third kappa shape index (κ3) is 3.42. The van der Waals surface area contributed by atoms with E-state index in [1.54, 1.807) is 0 Å². The van der Waals surface area contributed by atoms with Crippen LogP contribution in [-0.2, 0) is 12.8 Å². The number of amides is 1. The van der Waals surface area contributed by atoms with Gasteiger partial charge in [0.2, 0.25) is 0 Å². The van der Waals surface area contributed by atoms with Crippen molar-refractivity contribution in [3.8, 4) is 0 Å². The van der Waals surface area contributed by atoms with Crippen LogP contribution in [0.2, 0.25) is 0 Å². The molecule has 1 aliphatic carbocycles. The fourth-order valence-corrected chi connectivity index (χ4v) is 3.99. The van der Waals surface area contributed by atoms with Crippen LogP contribution in [0.25, 0.3) is 0 Å². The molecule has 1 saturated heterocycles. The maximum absolute atomic E-state index is 13.3. The first-order valence-corrected chi connectivity index (χ1v) is 8.91. The van der Waals surface area contributed by atoms with Crippen LogP contribution in [0.1, 0.15) is 27.9 Å². The zero-order valence-electron chi connectivity index (χ0n) is 14.2. The summed E-state index contributed by atoms with van der Waals surface area (Å²) in [6, 6.07) is 10.5. The molecule has 1 amide bonds. The minimum Gasteiger partial charge on any atom is -0.336 e. The predicted octanol–water partition coefficient (Wildman–Crippen LogP) is 2.54. The van der Waals surface area contributed by atoms with Crippen LogP contribution in [0.3, 0.4) is 0 Å². The van der Waals surface area contributed by atoms with Gasteiger partial charge in [-0.3, -0.25) is 14.7 Å². The van der Waals surface area contributed by atoms with Gasteiger partial charge in [-0.2, -0.15) is 0 Å². The number of carbonyl (C=O) groups is 1. The van der Waals surface area contributed by atoms with Gasteiger partial charge in [0.25, 0.3) is 5.91 Å². The summed E-state index contributed by atoms with van der Waals surface area (Å²) in [6.07, 6.45) is 5.97. The fraction of sp³-hybridized carbons (Fsp3) is 0.400. The maximum Gasteiger partial charge on any atom is 0.255 e. The Balaban J connectivity index is 1.37. The molecule has 0 bridgehead atoms. The number of hydrogen-bond donors (Lipinski definition) is 0. The van der Waals surface area contributed by atoms with Gasteiger partial charge < -0.3 is 4.90 Å². The van der Waals surface area contributed by atoms with Crippen LogP contribution in [0.5, 0.6) is 0 Å². The molecule has 130 valence electrons. The SMILES string of the molecule is O=C(c1cncc(F)c1)N1CCN([C@@H]2CCc3ccccc3C2)CC1. The van der Waals surface area contributed by atoms with Crippen LogP contribution < -0.4 is 0 Å². The molecule has 1 aromatic heterocycles. The first-order chi connectivity index (χ1) is 12.2. The Morgan fingerprint density at radius 2 is 1.84 bits per heavy atom. The summed E-state index contributed by atoms with van der Waals surface area (Å²) >= 11 is 0. The number of carbonyl (C=O) groups excluding carboxylic acids is 1. The third-order valence-electron chi connectivity index (χ3n) is 5.39. The summed E-state index contributed by atoms with van der Waals surface area (Å²) in [5.41, 5.74) is 3.27. The van der Waals surface area contributed by atoms with Crippen molar-refractivity contribution >= 4 is 5.91 Å². The number of hydrogen-bond acceptors (Lipinski definition) is 3. The van der Waals surface area contributed by atoms with E-state index in [-0.39, 0.29) is 5.91 Å². The first-order valence-electron chi connectivity index (χ1n) is 8.91. The smallest absolute Gasteiger partial charge is 0.255 e. The lowest BCUT2D eigenvalue weighted by atomic mass is 9.87. The Labute approximate surface area is 147 Å². The summed E-state index contributed by atoms with van der Waals surface area (Å²) in [6.45, 7) is 3.13. The topological polar surface area (TPSA) is 36.4 Å². The van der Waals surface area contributed by atoms with Crippen molar-refractivity contribution in [1.82, 2.24) is 14.8 Å². The Morgan fingerprint density at radius 3 is 2.60 bits per heavy atom. The van der Waals surface area contributed by atoms with Crippen molar-refractivity contribution < 1.29 is 9.18 Å². The van der Waals surface area contributed by atoms with Crippen molar-refractivity contribution in [1.29, 1.82) is 0 Å². The lowest BCUT2D eigenvalue weighted by molar-refractivity contribution is 0.0552. The highest BCUT2D eigenvalue weighted by Crippen LogP contribution is 2.25. The molecule has 0 unspecified atom stereocenters. The van der Waals surface area contributed by atoms with E-state index in [2.05, 4.69) is 34.1 Å². The minimum atomic E-state index is -0.467. The highest BCUT2D eigenvalue weighted by atomic mass is 19.1. The monoisotopic (exact) mass is 339 g/mol. The van der Waals surface area contributed by atoms with Crippen molar-refractivity contribution in [2.45, 2.75) is 25.3 Å². The molecule has 4 nitrogen and oxygen atoms in total. The molecule has 1 aliphatic heterocycles. The largest absolute Gasteiger partial charge is 0.336 e. The number of piperazine rings is 1. The highest BCUT2D eigenvalue weighted by molar-refractivity contribution is 5.94. The molecule has 2 heterocycles. The molecular weight excluding hydrogens is 317 g/mol. The number of pyridine rings is 1. The summed E-state index contributed by atoms with van der Waals surface area (Å²) in [5.74, 6) is -0.592. The molecule has 0 saturated carbocycles. The molecule has 1 aromatic carbocycles. The Bertz CT molecular complexity index is 771. The van der Waals surface area contributed by atoms with E-state index in [4.69, 9.17) is 0 Å². The zero-order chi connectivity index (χ0) is 17.2. The van der Waals surface area contributed by atoms with Gasteiger partial charge in [0.1, 0.15) is 5.82 Å². The van der Waals surface area contributed by atoms with Gasteiger partial charge in [0.15, 0.2) is 0 Å². The second-order valence-corrected chi connectivity index (χ2v) is 6.89. The molecule has 4 rings (SSSR count). The number of rotatable bonds is 2. The summed E-state index contributed by atoms with van der Waals surface area (Å²) in [7, 11) is 0. The lowest BCUT2D eigenvalue weighted by Gasteiger charge is -2.41. The summed E-state index contributed by atoms with van der Waals surface area (Å²) in [5, 5.41) is 0. The average Bonchev–Trinajstić information content (AvgIpc) is 2.67.